The van der Waals surface area contributed by atoms with E-state index in [1.807, 2.05) is 6.07 Å². The fourth-order valence-electron chi connectivity index (χ4n) is 4.53. The van der Waals surface area contributed by atoms with Crippen LogP contribution in [0, 0.1) is 5.41 Å². The summed E-state index contributed by atoms with van der Waals surface area (Å²) >= 11 is 0. The lowest BCUT2D eigenvalue weighted by Gasteiger charge is -2.51. The molecule has 0 aromatic carbocycles. The van der Waals surface area contributed by atoms with Gasteiger partial charge in [0.2, 0.25) is 11.9 Å². The number of halogens is 2. The molecule has 1 amide bonds. The number of ether oxygens (including phenoxy) is 2. The minimum atomic E-state index is -2.93. The highest BCUT2D eigenvalue weighted by molar-refractivity contribution is 5.78. The monoisotopic (exact) mass is 397 g/mol. The zero-order valence-corrected chi connectivity index (χ0v) is 15.9. The minimum absolute atomic E-state index is 0.105. The van der Waals surface area contributed by atoms with E-state index in [9.17, 15) is 13.6 Å². The summed E-state index contributed by atoms with van der Waals surface area (Å²) in [6.45, 7) is 2.12. The maximum Gasteiger partial charge on any atom is 0.345 e. The molecule has 3 fully saturated rings. The third kappa shape index (κ3) is 3.81. The van der Waals surface area contributed by atoms with Gasteiger partial charge in [-0.25, -0.2) is 9.97 Å². The molecule has 1 unspecified atom stereocenters. The summed E-state index contributed by atoms with van der Waals surface area (Å²) in [5.41, 5.74) is 0.864. The predicted octanol–water partition coefficient (Wildman–Crippen LogP) is 0.410. The Kier molecular flexibility index (Phi) is 5.44. The van der Waals surface area contributed by atoms with Crippen LogP contribution in [0.3, 0.4) is 0 Å². The van der Waals surface area contributed by atoms with Gasteiger partial charge in [0.05, 0.1) is 18.9 Å². The van der Waals surface area contributed by atoms with Gasteiger partial charge in [-0.15, -0.1) is 0 Å². The normalized spacial score (nSPS) is 24.8. The van der Waals surface area contributed by atoms with Crippen LogP contribution in [-0.2, 0) is 14.3 Å². The van der Waals surface area contributed by atoms with Crippen molar-refractivity contribution in [1.82, 2.24) is 19.8 Å². The molecular formula is C18H25F2N5O3. The Morgan fingerprint density at radius 2 is 2.11 bits per heavy atom. The van der Waals surface area contributed by atoms with Crippen molar-refractivity contribution < 1.29 is 23.0 Å². The topological polar surface area (TPSA) is 71.0 Å². The summed E-state index contributed by atoms with van der Waals surface area (Å²) in [6, 6.07) is 1.94. The third-order valence-corrected chi connectivity index (χ3v) is 5.83. The van der Waals surface area contributed by atoms with E-state index in [-0.39, 0.29) is 11.3 Å². The largest absolute Gasteiger partial charge is 0.378 e. The van der Waals surface area contributed by atoms with Crippen molar-refractivity contribution >= 4 is 11.9 Å². The molecule has 1 aromatic heterocycles. The number of aromatic nitrogens is 2. The van der Waals surface area contributed by atoms with Crippen LogP contribution in [0.5, 0.6) is 0 Å². The van der Waals surface area contributed by atoms with Crippen LogP contribution in [0.25, 0.3) is 0 Å². The first-order valence-corrected chi connectivity index (χ1v) is 9.48. The predicted molar refractivity (Wildman–Crippen MR) is 96.3 cm³/mol. The molecule has 1 atom stereocenters. The smallest absolute Gasteiger partial charge is 0.345 e. The first-order valence-electron chi connectivity index (χ1n) is 9.48. The van der Waals surface area contributed by atoms with E-state index in [4.69, 9.17) is 9.72 Å². The van der Waals surface area contributed by atoms with E-state index in [1.165, 1.54) is 0 Å². The van der Waals surface area contributed by atoms with Gasteiger partial charge in [-0.2, -0.15) is 8.78 Å². The van der Waals surface area contributed by atoms with Crippen molar-refractivity contribution in [3.63, 3.8) is 0 Å². The number of morpholine rings is 1. The fourth-order valence-corrected chi connectivity index (χ4v) is 4.53. The summed E-state index contributed by atoms with van der Waals surface area (Å²) in [6.07, 6.45) is 1.79. The Balaban J connectivity index is 1.46. The van der Waals surface area contributed by atoms with E-state index in [2.05, 4.69) is 26.6 Å². The molecule has 0 bridgehead atoms. The second-order valence-electron chi connectivity index (χ2n) is 7.81. The van der Waals surface area contributed by atoms with Gasteiger partial charge in [0.25, 0.3) is 0 Å². The van der Waals surface area contributed by atoms with Gasteiger partial charge >= 0.3 is 6.61 Å². The Hall–Kier alpha value is -1.91. The Morgan fingerprint density at radius 3 is 2.82 bits per heavy atom. The number of carbonyl (C=O) groups excluding carboxylic acids is 1. The average Bonchev–Trinajstić information content (AvgIpc) is 3.03. The highest BCUT2D eigenvalue weighted by Crippen LogP contribution is 2.48. The summed E-state index contributed by atoms with van der Waals surface area (Å²) in [7, 11) is 2.05. The van der Waals surface area contributed by atoms with Crippen LogP contribution < -0.4 is 4.90 Å². The number of nitrogens with zero attached hydrogens (tertiary/aromatic N) is 5. The molecule has 8 nitrogen and oxygen atoms in total. The third-order valence-electron chi connectivity index (χ3n) is 5.83. The first kappa shape index (κ1) is 19.4. The lowest BCUT2D eigenvalue weighted by Crippen LogP contribution is -2.62. The molecule has 154 valence electrons. The highest BCUT2D eigenvalue weighted by Gasteiger charge is 2.55. The molecule has 1 aromatic rings. The Bertz CT molecular complexity index is 710. The maximum atomic E-state index is 12.2. The minimum Gasteiger partial charge on any atom is -0.378 e. The van der Waals surface area contributed by atoms with Gasteiger partial charge in [0.1, 0.15) is 6.61 Å². The Morgan fingerprint density at radius 1 is 1.36 bits per heavy atom. The molecular weight excluding hydrogens is 372 g/mol. The highest BCUT2D eigenvalue weighted by atomic mass is 19.3. The molecule has 4 heterocycles. The molecule has 0 N–H and O–H groups in total. The van der Waals surface area contributed by atoms with Gasteiger partial charge in [-0.05, 0) is 13.1 Å². The number of likely N-dealkylation sites (N-methyl/N-ethyl adjacent to an activating group) is 1. The molecule has 0 aliphatic carbocycles. The SMILES string of the molecule is CN1CC(c2ccnc(N3CCOCC3)n2)C2(C1)CN(C(=O)COC(F)F)C2. The van der Waals surface area contributed by atoms with Gasteiger partial charge in [-0.3, -0.25) is 4.79 Å². The van der Waals surface area contributed by atoms with Crippen LogP contribution >= 0.6 is 0 Å². The van der Waals surface area contributed by atoms with Crippen LogP contribution in [0.15, 0.2) is 12.3 Å². The zero-order chi connectivity index (χ0) is 19.7. The molecule has 28 heavy (non-hydrogen) atoms. The number of alkyl halides is 2. The number of likely N-dealkylation sites (tertiary alicyclic amines) is 2. The second kappa shape index (κ2) is 7.84. The molecule has 10 heteroatoms. The number of carbonyl (C=O) groups is 1. The number of rotatable bonds is 5. The average molecular weight is 397 g/mol. The van der Waals surface area contributed by atoms with Crippen LogP contribution in [-0.4, -0.2) is 98.4 Å². The van der Waals surface area contributed by atoms with Gasteiger partial charge in [0, 0.05) is 56.8 Å². The van der Waals surface area contributed by atoms with E-state index in [1.54, 1.807) is 11.1 Å². The summed E-state index contributed by atoms with van der Waals surface area (Å²) < 4.78 is 33.9. The van der Waals surface area contributed by atoms with Gasteiger partial charge < -0.3 is 24.2 Å². The number of hydrogen-bond acceptors (Lipinski definition) is 7. The van der Waals surface area contributed by atoms with Crippen molar-refractivity contribution in [2.45, 2.75) is 12.5 Å². The van der Waals surface area contributed by atoms with Crippen molar-refractivity contribution in [2.24, 2.45) is 5.41 Å². The lowest BCUT2D eigenvalue weighted by atomic mass is 9.70. The van der Waals surface area contributed by atoms with Crippen LogP contribution in [0.1, 0.15) is 11.6 Å². The van der Waals surface area contributed by atoms with Crippen LogP contribution in [0.2, 0.25) is 0 Å². The molecule has 0 saturated carbocycles. The number of amides is 1. The van der Waals surface area contributed by atoms with Crippen molar-refractivity contribution in [3.8, 4) is 0 Å². The summed E-state index contributed by atoms with van der Waals surface area (Å²) in [5.74, 6) is 0.486. The lowest BCUT2D eigenvalue weighted by molar-refractivity contribution is -0.168. The van der Waals surface area contributed by atoms with Gasteiger partial charge in [-0.1, -0.05) is 0 Å². The molecule has 3 aliphatic heterocycles. The summed E-state index contributed by atoms with van der Waals surface area (Å²) in [4.78, 5) is 27.3. The molecule has 0 radical (unpaired) electrons. The van der Waals surface area contributed by atoms with E-state index in [0.717, 1.165) is 31.9 Å². The maximum absolute atomic E-state index is 12.2. The molecule has 3 aliphatic rings. The molecule has 1 spiro atoms. The first-order chi connectivity index (χ1) is 13.5. The van der Waals surface area contributed by atoms with Gasteiger partial charge in [0.15, 0.2) is 0 Å². The Labute approximate surface area is 162 Å². The number of anilines is 1. The number of hydrogen-bond donors (Lipinski definition) is 0. The van der Waals surface area contributed by atoms with E-state index < -0.39 is 19.1 Å². The van der Waals surface area contributed by atoms with Crippen molar-refractivity contribution in [3.05, 3.63) is 18.0 Å². The van der Waals surface area contributed by atoms with Crippen LogP contribution in [0.4, 0.5) is 14.7 Å². The van der Waals surface area contributed by atoms with Crippen molar-refractivity contribution in [2.75, 3.05) is 71.0 Å². The van der Waals surface area contributed by atoms with E-state index in [0.29, 0.717) is 32.3 Å². The molecule has 4 rings (SSSR count). The van der Waals surface area contributed by atoms with E-state index >= 15 is 0 Å². The van der Waals surface area contributed by atoms with Crippen molar-refractivity contribution in [1.29, 1.82) is 0 Å². The zero-order valence-electron chi connectivity index (χ0n) is 15.9. The second-order valence-corrected chi connectivity index (χ2v) is 7.81. The molecule has 3 saturated heterocycles. The quantitative estimate of drug-likeness (QED) is 0.713. The summed E-state index contributed by atoms with van der Waals surface area (Å²) in [5, 5.41) is 0. The standard InChI is InChI=1S/C18H25F2N5O3/c1-23-8-13(14-2-3-21-17(22-14)24-4-6-27-7-5-24)18(10-23)11-25(12-18)15(26)9-28-16(19)20/h2-3,13,16H,4-12H2,1H3. The fraction of sp³-hybridized carbons (Fsp3) is 0.722.